The molecule has 1 aliphatic heterocycles. The summed E-state index contributed by atoms with van der Waals surface area (Å²) in [6.45, 7) is 0. The van der Waals surface area contributed by atoms with Gasteiger partial charge in [-0.25, -0.2) is 0 Å². The van der Waals surface area contributed by atoms with Crippen LogP contribution in [0, 0.1) is 0 Å². The van der Waals surface area contributed by atoms with Crippen LogP contribution in [0.4, 0.5) is 11.4 Å². The van der Waals surface area contributed by atoms with Crippen molar-refractivity contribution in [2.75, 3.05) is 11.9 Å². The Kier molecular flexibility index (Phi) is 4.65. The van der Waals surface area contributed by atoms with Crippen LogP contribution in [0.5, 0.6) is 11.5 Å². The molecule has 1 aliphatic carbocycles. The molecule has 7 aromatic rings. The molecule has 2 nitrogen and oxygen atoms in total. The first kappa shape index (κ1) is 22.9. The van der Waals surface area contributed by atoms with Gasteiger partial charge in [-0.3, -0.25) is 0 Å². The zero-order valence-electron chi connectivity index (χ0n) is 22.5. The van der Waals surface area contributed by atoms with Crippen LogP contribution in [-0.2, 0) is 5.41 Å². The molecule has 9 rings (SSSR count). The highest BCUT2D eigenvalue weighted by molar-refractivity contribution is 7.25. The first-order chi connectivity index (χ1) is 20.2. The maximum Gasteiger partial charge on any atom is 0.132 e. The highest BCUT2D eigenvalue weighted by Gasteiger charge is 2.50. The molecule has 6 aromatic carbocycles. The Hall–Kier alpha value is -4.86. The van der Waals surface area contributed by atoms with Gasteiger partial charge < -0.3 is 9.64 Å². The van der Waals surface area contributed by atoms with Crippen LogP contribution in [0.1, 0.15) is 22.3 Å². The lowest BCUT2D eigenvalue weighted by Gasteiger charge is -2.39. The summed E-state index contributed by atoms with van der Waals surface area (Å²) in [6, 6.07) is 48.5. The fourth-order valence-corrected chi connectivity index (χ4v) is 8.21. The first-order valence-electron chi connectivity index (χ1n) is 14.0. The summed E-state index contributed by atoms with van der Waals surface area (Å²) in [5, 5.41) is 2.64. The number of hydrogen-bond donors (Lipinski definition) is 0. The molecule has 0 bridgehead atoms. The molecule has 0 saturated heterocycles. The van der Waals surface area contributed by atoms with Crippen molar-refractivity contribution >= 4 is 42.9 Å². The Bertz CT molecular complexity index is 2130. The van der Waals surface area contributed by atoms with Crippen molar-refractivity contribution in [1.29, 1.82) is 0 Å². The van der Waals surface area contributed by atoms with Gasteiger partial charge in [-0.05, 0) is 70.8 Å². The number of anilines is 2. The Balaban J connectivity index is 1.26. The Morgan fingerprint density at radius 1 is 0.512 bits per heavy atom. The molecule has 41 heavy (non-hydrogen) atoms. The average molecular weight is 544 g/mol. The third-order valence-electron chi connectivity index (χ3n) is 8.97. The van der Waals surface area contributed by atoms with Crippen molar-refractivity contribution < 1.29 is 4.74 Å². The molecule has 0 atom stereocenters. The van der Waals surface area contributed by atoms with E-state index in [9.17, 15) is 0 Å². The van der Waals surface area contributed by atoms with E-state index in [0.717, 1.165) is 11.5 Å². The van der Waals surface area contributed by atoms with Gasteiger partial charge in [0.2, 0.25) is 0 Å². The van der Waals surface area contributed by atoms with Gasteiger partial charge in [-0.2, -0.15) is 0 Å². The lowest BCUT2D eigenvalue weighted by Crippen LogP contribution is -2.32. The SMILES string of the molecule is CN(c1ccc2c(c1)-c1ccccc1C21c2ccccc2Oc2ccccc21)c1ccc2sc3ccccc3c2c1. The van der Waals surface area contributed by atoms with Crippen molar-refractivity contribution in [3.05, 3.63) is 156 Å². The predicted octanol–water partition coefficient (Wildman–Crippen LogP) is 10.3. The Morgan fingerprint density at radius 3 is 1.90 bits per heavy atom. The summed E-state index contributed by atoms with van der Waals surface area (Å²) < 4.78 is 9.12. The van der Waals surface area contributed by atoms with E-state index in [-0.39, 0.29) is 0 Å². The van der Waals surface area contributed by atoms with Crippen molar-refractivity contribution in [2.24, 2.45) is 0 Å². The minimum atomic E-state index is -0.428. The maximum absolute atomic E-state index is 6.47. The largest absolute Gasteiger partial charge is 0.457 e. The summed E-state index contributed by atoms with van der Waals surface area (Å²) in [5.74, 6) is 1.85. The quantitative estimate of drug-likeness (QED) is 0.215. The molecule has 2 aliphatic rings. The third kappa shape index (κ3) is 3.01. The molecular formula is C38H25NOS. The summed E-state index contributed by atoms with van der Waals surface area (Å²) in [4.78, 5) is 2.31. The molecule has 1 aromatic heterocycles. The van der Waals surface area contributed by atoms with Crippen molar-refractivity contribution in [3.63, 3.8) is 0 Å². The number of rotatable bonds is 2. The lowest BCUT2D eigenvalue weighted by molar-refractivity contribution is 0.436. The second-order valence-electron chi connectivity index (χ2n) is 11.0. The summed E-state index contributed by atoms with van der Waals surface area (Å²) >= 11 is 1.86. The van der Waals surface area contributed by atoms with Crippen LogP contribution >= 0.6 is 11.3 Å². The van der Waals surface area contributed by atoms with Crippen LogP contribution in [0.15, 0.2) is 133 Å². The molecule has 0 amide bonds. The normalized spacial score (nSPS) is 13.9. The van der Waals surface area contributed by atoms with Gasteiger partial charge >= 0.3 is 0 Å². The van der Waals surface area contributed by atoms with E-state index in [4.69, 9.17) is 4.74 Å². The number of ether oxygens (including phenoxy) is 1. The number of hydrogen-bond acceptors (Lipinski definition) is 3. The number of nitrogens with zero attached hydrogens (tertiary/aromatic N) is 1. The van der Waals surface area contributed by atoms with Crippen LogP contribution in [0.2, 0.25) is 0 Å². The van der Waals surface area contributed by atoms with Gasteiger partial charge in [0.05, 0.1) is 5.41 Å². The summed E-state index contributed by atoms with van der Waals surface area (Å²) in [6.07, 6.45) is 0. The predicted molar refractivity (Wildman–Crippen MR) is 171 cm³/mol. The fourth-order valence-electron chi connectivity index (χ4n) is 7.13. The highest BCUT2D eigenvalue weighted by Crippen LogP contribution is 2.62. The molecule has 3 heteroatoms. The van der Waals surface area contributed by atoms with Crippen LogP contribution in [0.3, 0.4) is 0 Å². The minimum Gasteiger partial charge on any atom is -0.457 e. The van der Waals surface area contributed by atoms with E-state index in [2.05, 4.69) is 145 Å². The third-order valence-corrected chi connectivity index (χ3v) is 10.1. The maximum atomic E-state index is 6.47. The van der Waals surface area contributed by atoms with Crippen LogP contribution in [-0.4, -0.2) is 7.05 Å². The van der Waals surface area contributed by atoms with E-state index in [0.29, 0.717) is 0 Å². The molecular weight excluding hydrogens is 518 g/mol. The smallest absolute Gasteiger partial charge is 0.132 e. The number of benzene rings is 6. The van der Waals surface area contributed by atoms with Gasteiger partial charge in [0, 0.05) is 49.7 Å². The topological polar surface area (TPSA) is 12.5 Å². The second kappa shape index (κ2) is 8.33. The Labute approximate surface area is 242 Å². The molecule has 1 spiro atoms. The molecule has 2 heterocycles. The average Bonchev–Trinajstić information content (AvgIpc) is 3.54. The summed E-state index contributed by atoms with van der Waals surface area (Å²) in [5.41, 5.74) is 9.49. The summed E-state index contributed by atoms with van der Waals surface area (Å²) in [7, 11) is 2.17. The fraction of sp³-hybridized carbons (Fsp3) is 0.0526. The minimum absolute atomic E-state index is 0.428. The van der Waals surface area contributed by atoms with Gasteiger partial charge in [-0.1, -0.05) is 84.9 Å². The van der Waals surface area contributed by atoms with Gasteiger partial charge in [-0.15, -0.1) is 11.3 Å². The van der Waals surface area contributed by atoms with E-state index < -0.39 is 5.41 Å². The lowest BCUT2D eigenvalue weighted by atomic mass is 9.66. The van der Waals surface area contributed by atoms with Gasteiger partial charge in [0.1, 0.15) is 11.5 Å². The number of para-hydroxylation sites is 2. The van der Waals surface area contributed by atoms with Crippen molar-refractivity contribution in [1.82, 2.24) is 0 Å². The molecule has 0 fully saturated rings. The molecule has 0 radical (unpaired) electrons. The molecule has 194 valence electrons. The van der Waals surface area contributed by atoms with Crippen molar-refractivity contribution in [2.45, 2.75) is 5.41 Å². The second-order valence-corrected chi connectivity index (χ2v) is 12.0. The van der Waals surface area contributed by atoms with E-state index >= 15 is 0 Å². The van der Waals surface area contributed by atoms with E-state index in [1.807, 2.05) is 11.3 Å². The highest BCUT2D eigenvalue weighted by atomic mass is 32.1. The monoisotopic (exact) mass is 543 g/mol. The number of fused-ring (bicyclic) bond motifs is 12. The Morgan fingerprint density at radius 2 is 1.10 bits per heavy atom. The van der Waals surface area contributed by atoms with E-state index in [1.54, 1.807) is 0 Å². The van der Waals surface area contributed by atoms with Crippen LogP contribution in [0.25, 0.3) is 31.3 Å². The van der Waals surface area contributed by atoms with Crippen LogP contribution < -0.4 is 9.64 Å². The molecule has 0 unspecified atom stereocenters. The standard InChI is InChI=1S/C38H25NOS/c1-39(25-19-21-37-29(23-25)27-11-3-9-17-36(27)41-37)24-18-20-31-28(22-24)26-10-2-4-12-30(26)38(31)32-13-5-7-15-34(32)40-35-16-8-6-14-33(35)38/h2-23H,1H3. The first-order valence-corrected chi connectivity index (χ1v) is 14.8. The molecule has 0 saturated carbocycles. The van der Waals surface area contributed by atoms with Crippen molar-refractivity contribution in [3.8, 4) is 22.6 Å². The zero-order chi connectivity index (χ0) is 27.1. The van der Waals surface area contributed by atoms with E-state index in [1.165, 1.54) is 64.9 Å². The number of thiophene rings is 1. The van der Waals surface area contributed by atoms with Gasteiger partial charge in [0.25, 0.3) is 0 Å². The van der Waals surface area contributed by atoms with Gasteiger partial charge in [0.15, 0.2) is 0 Å². The molecule has 0 N–H and O–H groups in total. The zero-order valence-corrected chi connectivity index (χ0v) is 23.3.